The van der Waals surface area contributed by atoms with Crippen LogP contribution >= 0.6 is 0 Å². The Morgan fingerprint density at radius 2 is 1.14 bits per heavy atom. The van der Waals surface area contributed by atoms with E-state index in [2.05, 4.69) is 99.6 Å². The Labute approximate surface area is 173 Å². The third kappa shape index (κ3) is 5.97. The van der Waals surface area contributed by atoms with Gasteiger partial charge in [-0.2, -0.15) is 8.42 Å². The van der Waals surface area contributed by atoms with Gasteiger partial charge in [-0.15, -0.1) is 4.40 Å². The van der Waals surface area contributed by atoms with Gasteiger partial charge in [0, 0.05) is 5.90 Å². The van der Waals surface area contributed by atoms with Crippen LogP contribution in [0.25, 0.3) is 0 Å². The van der Waals surface area contributed by atoms with Crippen molar-refractivity contribution in [2.45, 2.75) is 21.6 Å². The summed E-state index contributed by atoms with van der Waals surface area (Å²) in [7, 11) is -3.99. The molecule has 0 saturated carbocycles. The van der Waals surface area contributed by atoms with Crippen LogP contribution in [0.5, 0.6) is 0 Å². The highest BCUT2D eigenvalue weighted by Gasteiger charge is 2.27. The van der Waals surface area contributed by atoms with Crippen molar-refractivity contribution < 1.29 is 17.7 Å². The van der Waals surface area contributed by atoms with Crippen molar-refractivity contribution >= 4 is 27.1 Å². The van der Waals surface area contributed by atoms with Crippen LogP contribution in [0.3, 0.4) is 0 Å². The molecule has 0 saturated heterocycles. The molecule has 1 aliphatic heterocycles. The van der Waals surface area contributed by atoms with Crippen LogP contribution < -0.4 is 5.11 Å². The molecule has 1 heterocycles. The predicted octanol–water partition coefficient (Wildman–Crippen LogP) is 3.71. The third-order valence-electron chi connectivity index (χ3n) is 3.70. The second-order valence-electron chi connectivity index (χ2n) is 5.94. The molecular weight excluding hydrogens is 406 g/mol. The average molecular weight is 426 g/mol. The molecule has 0 radical (unpaired) electrons. The summed E-state index contributed by atoms with van der Waals surface area (Å²) in [6, 6.07) is 32.2. The lowest BCUT2D eigenvalue weighted by Crippen LogP contribution is -2.21. The number of hydrogen-bond acceptors (Lipinski definition) is 4. The number of benzene rings is 3. The van der Waals surface area contributed by atoms with E-state index in [1.54, 1.807) is 0 Å². The molecule has 3 aromatic rings. The second kappa shape index (κ2) is 9.45. The first-order valence-electron chi connectivity index (χ1n) is 8.74. The van der Waals surface area contributed by atoms with Gasteiger partial charge in [0.2, 0.25) is 0 Å². The lowest BCUT2D eigenvalue weighted by molar-refractivity contribution is -0.211. The Morgan fingerprint density at radius 1 is 0.759 bits per heavy atom. The first kappa shape index (κ1) is 20.7. The van der Waals surface area contributed by atoms with E-state index in [-0.39, 0.29) is 16.7 Å². The molecule has 0 bridgehead atoms. The van der Waals surface area contributed by atoms with E-state index in [0.29, 0.717) is 0 Å². The maximum atomic E-state index is 10.4. The van der Waals surface area contributed by atoms with Crippen LogP contribution in [0.1, 0.15) is 6.92 Å². The molecule has 1 aliphatic rings. The smallest absolute Gasteiger partial charge is 0.427 e. The highest BCUT2D eigenvalue weighted by molar-refractivity contribution is 7.97. The van der Waals surface area contributed by atoms with Gasteiger partial charge in [0.05, 0.1) is 10.9 Å². The molecule has 4 rings (SSSR count). The van der Waals surface area contributed by atoms with E-state index in [9.17, 15) is 13.5 Å². The molecule has 5 nitrogen and oxygen atoms in total. The van der Waals surface area contributed by atoms with Crippen molar-refractivity contribution in [3.05, 3.63) is 103 Å². The SMILES string of the molecule is CC1=CC([O-])=NS(=O)(=O)O1.c1ccc([S+](c2ccccc2)c2ccccc2)cc1. The van der Waals surface area contributed by atoms with E-state index in [1.807, 2.05) is 0 Å². The van der Waals surface area contributed by atoms with Crippen LogP contribution in [0.15, 0.2) is 122 Å². The van der Waals surface area contributed by atoms with E-state index in [0.717, 1.165) is 6.08 Å². The van der Waals surface area contributed by atoms with Crippen molar-refractivity contribution in [2.75, 3.05) is 0 Å². The Bertz CT molecular complexity index is 1000. The van der Waals surface area contributed by atoms with Crippen molar-refractivity contribution in [3.63, 3.8) is 0 Å². The molecule has 0 aromatic heterocycles. The molecule has 0 amide bonds. The Kier molecular flexibility index (Phi) is 6.74. The van der Waals surface area contributed by atoms with Crippen molar-refractivity contribution in [1.82, 2.24) is 0 Å². The number of nitrogens with zero attached hydrogens (tertiary/aromatic N) is 1. The molecule has 3 aromatic carbocycles. The van der Waals surface area contributed by atoms with Crippen molar-refractivity contribution in [1.29, 1.82) is 0 Å². The fraction of sp³-hybridized carbons (Fsp3) is 0.0455. The summed E-state index contributed by atoms with van der Waals surface area (Å²) >= 11 is 0. The lowest BCUT2D eigenvalue weighted by atomic mass is 10.4. The first-order chi connectivity index (χ1) is 13.9. The molecule has 0 aliphatic carbocycles. The van der Waals surface area contributed by atoms with E-state index < -0.39 is 16.2 Å². The van der Waals surface area contributed by atoms with Gasteiger partial charge in [0.15, 0.2) is 14.7 Å². The standard InChI is InChI=1S/C18H15S.C4H5NO4S/c1-4-10-16(11-5-1)19(17-12-6-2-7-13-17)18-14-8-3-9-15-18;1-3-2-4(6)5-10(7,8)9-3/h1-15H;2H,1H3,(H,5,6)/q+1;/p-1. The van der Waals surface area contributed by atoms with Crippen LogP contribution in [0.2, 0.25) is 0 Å². The molecule has 0 N–H and O–H groups in total. The van der Waals surface area contributed by atoms with Crippen molar-refractivity contribution in [2.24, 2.45) is 4.40 Å². The second-order valence-corrected chi connectivity index (χ2v) is 9.17. The summed E-state index contributed by atoms with van der Waals surface area (Å²) in [5.74, 6) is -0.760. The van der Waals surface area contributed by atoms with Crippen LogP contribution in [-0.2, 0) is 25.4 Å². The van der Waals surface area contributed by atoms with Crippen LogP contribution in [-0.4, -0.2) is 14.3 Å². The minimum Gasteiger partial charge on any atom is -0.858 e. The Morgan fingerprint density at radius 3 is 1.45 bits per heavy atom. The summed E-state index contributed by atoms with van der Waals surface area (Å²) < 4.78 is 27.7. The largest absolute Gasteiger partial charge is 0.858 e. The zero-order valence-corrected chi connectivity index (χ0v) is 17.3. The summed E-state index contributed by atoms with van der Waals surface area (Å²) in [6.45, 7) is 1.37. The van der Waals surface area contributed by atoms with Gasteiger partial charge in [-0.1, -0.05) is 54.6 Å². The Balaban J connectivity index is 0.000000204. The summed E-state index contributed by atoms with van der Waals surface area (Å²) in [4.78, 5) is 4.08. The minimum atomic E-state index is -3.97. The average Bonchev–Trinajstić information content (AvgIpc) is 2.69. The number of rotatable bonds is 3. The van der Waals surface area contributed by atoms with Crippen LogP contribution in [0.4, 0.5) is 0 Å². The quantitative estimate of drug-likeness (QED) is 0.600. The van der Waals surface area contributed by atoms with E-state index in [1.165, 1.54) is 21.6 Å². The van der Waals surface area contributed by atoms with Gasteiger partial charge in [-0.3, -0.25) is 0 Å². The highest BCUT2D eigenvalue weighted by atomic mass is 32.2. The van der Waals surface area contributed by atoms with Gasteiger partial charge in [-0.25, -0.2) is 0 Å². The van der Waals surface area contributed by atoms with Gasteiger partial charge >= 0.3 is 10.3 Å². The maximum absolute atomic E-state index is 10.4. The van der Waals surface area contributed by atoms with Gasteiger partial charge < -0.3 is 9.29 Å². The monoisotopic (exact) mass is 425 g/mol. The topological polar surface area (TPSA) is 78.8 Å². The molecule has 0 unspecified atom stereocenters. The molecule has 7 heteroatoms. The van der Waals surface area contributed by atoms with Crippen molar-refractivity contribution in [3.8, 4) is 0 Å². The van der Waals surface area contributed by atoms with Crippen LogP contribution in [0, 0.1) is 0 Å². The predicted molar refractivity (Wildman–Crippen MR) is 113 cm³/mol. The zero-order valence-electron chi connectivity index (χ0n) is 15.6. The highest BCUT2D eigenvalue weighted by Crippen LogP contribution is 2.30. The zero-order chi connectivity index (χ0) is 20.7. The molecule has 148 valence electrons. The normalized spacial score (nSPS) is 14.7. The minimum absolute atomic E-state index is 0.0146. The van der Waals surface area contributed by atoms with Gasteiger partial charge in [0.1, 0.15) is 5.76 Å². The van der Waals surface area contributed by atoms with E-state index in [4.69, 9.17) is 0 Å². The first-order valence-corrected chi connectivity index (χ1v) is 11.3. The number of allylic oxidation sites excluding steroid dienone is 1. The lowest BCUT2D eigenvalue weighted by Gasteiger charge is -2.12. The summed E-state index contributed by atoms with van der Waals surface area (Å²) in [5.41, 5.74) is 0. The van der Waals surface area contributed by atoms with E-state index >= 15 is 0 Å². The van der Waals surface area contributed by atoms with Gasteiger partial charge in [0.25, 0.3) is 0 Å². The molecule has 0 fully saturated rings. The third-order valence-corrected chi connectivity index (χ3v) is 6.81. The Hall–Kier alpha value is -3.03. The molecule has 0 atom stereocenters. The molecule has 29 heavy (non-hydrogen) atoms. The maximum Gasteiger partial charge on any atom is 0.427 e. The summed E-state index contributed by atoms with van der Waals surface area (Å²) in [5, 5.41) is 10.4. The molecule has 0 spiro atoms. The number of hydrogen-bond donors (Lipinski definition) is 0. The molecular formula is C22H19NO4S2. The van der Waals surface area contributed by atoms with Gasteiger partial charge in [-0.05, 0) is 49.4 Å². The fourth-order valence-corrected chi connectivity index (χ4v) is 5.39. The fourth-order valence-electron chi connectivity index (χ4n) is 2.60. The summed E-state index contributed by atoms with van der Waals surface area (Å²) in [6.07, 6.45) is 1.00.